The van der Waals surface area contributed by atoms with Crippen LogP contribution in [0.5, 0.6) is 0 Å². The first-order chi connectivity index (χ1) is 8.92. The second-order valence-electron chi connectivity index (χ2n) is 7.33. The van der Waals surface area contributed by atoms with Crippen LogP contribution in [0.4, 0.5) is 0 Å². The van der Waals surface area contributed by atoms with Crippen molar-refractivity contribution in [1.82, 2.24) is 0 Å². The van der Waals surface area contributed by atoms with E-state index in [2.05, 4.69) is 20.8 Å². The van der Waals surface area contributed by atoms with Crippen molar-refractivity contribution in [2.75, 3.05) is 13.2 Å². The molecule has 1 heterocycles. The van der Waals surface area contributed by atoms with E-state index in [4.69, 9.17) is 9.47 Å². The third kappa shape index (κ3) is 1.20. The van der Waals surface area contributed by atoms with Crippen LogP contribution in [0, 0.1) is 22.7 Å². The highest BCUT2D eigenvalue weighted by atomic mass is 16.7. The van der Waals surface area contributed by atoms with Gasteiger partial charge in [-0.05, 0) is 24.3 Å². The van der Waals surface area contributed by atoms with E-state index in [1.807, 2.05) is 6.08 Å². The zero-order chi connectivity index (χ0) is 13.5. The van der Waals surface area contributed by atoms with Crippen LogP contribution >= 0.6 is 0 Å². The molecular weight excluding hydrogens is 240 g/mol. The molecule has 0 aromatic carbocycles. The predicted octanol–water partition coefficient (Wildman–Crippen LogP) is 2.70. The molecule has 2 saturated carbocycles. The summed E-state index contributed by atoms with van der Waals surface area (Å²) in [5.41, 5.74) is 1.49. The number of ketones is 1. The number of hydrogen-bond donors (Lipinski definition) is 0. The van der Waals surface area contributed by atoms with E-state index in [1.54, 1.807) is 0 Å². The highest BCUT2D eigenvalue weighted by Crippen LogP contribution is 2.71. The Kier molecular flexibility index (Phi) is 2.11. The number of carbonyl (C=O) groups excluding carboxylic acids is 1. The number of allylic oxidation sites excluding steroid dienone is 2. The fourth-order valence-corrected chi connectivity index (χ4v) is 5.38. The molecule has 0 N–H and O–H groups in total. The molecule has 3 fully saturated rings. The van der Waals surface area contributed by atoms with Gasteiger partial charge in [-0.2, -0.15) is 0 Å². The second-order valence-corrected chi connectivity index (χ2v) is 7.33. The zero-order valence-corrected chi connectivity index (χ0v) is 12.0. The number of carbonyl (C=O) groups is 1. The summed E-state index contributed by atoms with van der Waals surface area (Å²) in [5.74, 6) is 0.484. The molecule has 0 radical (unpaired) electrons. The summed E-state index contributed by atoms with van der Waals surface area (Å²) in [6, 6.07) is 0. The topological polar surface area (TPSA) is 35.5 Å². The van der Waals surface area contributed by atoms with Crippen molar-refractivity contribution in [2.45, 2.75) is 45.8 Å². The van der Waals surface area contributed by atoms with Crippen molar-refractivity contribution in [3.05, 3.63) is 11.6 Å². The maximum Gasteiger partial charge on any atom is 0.172 e. The fourth-order valence-electron chi connectivity index (χ4n) is 5.38. The molecule has 3 heteroatoms. The molecule has 0 amide bonds. The Balaban J connectivity index is 1.85. The first kappa shape index (κ1) is 12.1. The quantitative estimate of drug-likeness (QED) is 0.673. The summed E-state index contributed by atoms with van der Waals surface area (Å²) in [6.45, 7) is 8.09. The maximum absolute atomic E-state index is 12.1. The smallest absolute Gasteiger partial charge is 0.172 e. The minimum Gasteiger partial charge on any atom is -0.347 e. The van der Waals surface area contributed by atoms with Gasteiger partial charge in [0.2, 0.25) is 0 Å². The second kappa shape index (κ2) is 3.32. The van der Waals surface area contributed by atoms with Crippen molar-refractivity contribution >= 4 is 5.78 Å². The lowest BCUT2D eigenvalue weighted by Crippen LogP contribution is -2.47. The molecule has 0 aromatic rings. The van der Waals surface area contributed by atoms with E-state index < -0.39 is 0 Å². The van der Waals surface area contributed by atoms with Gasteiger partial charge < -0.3 is 9.47 Å². The molecule has 3 aliphatic carbocycles. The van der Waals surface area contributed by atoms with E-state index in [-0.39, 0.29) is 22.5 Å². The summed E-state index contributed by atoms with van der Waals surface area (Å²) >= 11 is 0. The van der Waals surface area contributed by atoms with Gasteiger partial charge in [-0.3, -0.25) is 4.79 Å². The van der Waals surface area contributed by atoms with Crippen molar-refractivity contribution < 1.29 is 14.3 Å². The highest BCUT2D eigenvalue weighted by molar-refractivity contribution is 5.97. The third-order valence-corrected chi connectivity index (χ3v) is 6.44. The minimum atomic E-state index is -0.372. The molecule has 4 rings (SSSR count). The van der Waals surface area contributed by atoms with Crippen molar-refractivity contribution in [3.63, 3.8) is 0 Å². The Morgan fingerprint density at radius 1 is 1.21 bits per heavy atom. The van der Waals surface area contributed by atoms with E-state index in [1.165, 1.54) is 5.57 Å². The first-order valence-electron chi connectivity index (χ1n) is 7.47. The van der Waals surface area contributed by atoms with Gasteiger partial charge >= 0.3 is 0 Å². The summed E-state index contributed by atoms with van der Waals surface area (Å²) in [5, 5.41) is 0. The average Bonchev–Trinajstić information content (AvgIpc) is 2.97. The average molecular weight is 262 g/mol. The van der Waals surface area contributed by atoms with E-state index in [0.29, 0.717) is 24.9 Å². The minimum absolute atomic E-state index is 0.0151. The van der Waals surface area contributed by atoms with Crippen LogP contribution in [-0.4, -0.2) is 24.8 Å². The monoisotopic (exact) mass is 262 g/mol. The first-order valence-corrected chi connectivity index (χ1v) is 7.47. The number of ether oxygens (including phenoxy) is 2. The lowest BCUT2D eigenvalue weighted by Gasteiger charge is -2.44. The molecule has 19 heavy (non-hydrogen) atoms. The van der Waals surface area contributed by atoms with Gasteiger partial charge in [-0.25, -0.2) is 0 Å². The lowest BCUT2D eigenvalue weighted by molar-refractivity contribution is -0.230. The molecule has 3 atom stereocenters. The van der Waals surface area contributed by atoms with Gasteiger partial charge in [0, 0.05) is 23.7 Å². The Hall–Kier alpha value is -0.670. The van der Waals surface area contributed by atoms with E-state index >= 15 is 0 Å². The summed E-state index contributed by atoms with van der Waals surface area (Å²) in [6.07, 6.45) is 4.97. The molecule has 4 aliphatic rings. The maximum atomic E-state index is 12.1. The van der Waals surface area contributed by atoms with Crippen LogP contribution in [0.25, 0.3) is 0 Å². The van der Waals surface area contributed by atoms with Crippen LogP contribution in [0.15, 0.2) is 11.6 Å². The zero-order valence-electron chi connectivity index (χ0n) is 12.0. The Labute approximate surface area is 114 Å². The van der Waals surface area contributed by atoms with E-state index in [9.17, 15) is 4.79 Å². The van der Waals surface area contributed by atoms with Crippen LogP contribution in [0.1, 0.15) is 40.0 Å². The number of fused-ring (bicyclic) bond motifs is 2. The predicted molar refractivity (Wildman–Crippen MR) is 70.4 cm³/mol. The Morgan fingerprint density at radius 2 is 1.89 bits per heavy atom. The Bertz CT molecular complexity index is 484. The van der Waals surface area contributed by atoms with Gasteiger partial charge in [0.15, 0.2) is 11.6 Å². The highest BCUT2D eigenvalue weighted by Gasteiger charge is 2.69. The molecule has 3 nitrogen and oxygen atoms in total. The van der Waals surface area contributed by atoms with Crippen LogP contribution in [0.3, 0.4) is 0 Å². The molecule has 1 saturated heterocycles. The SMILES string of the molecule is CC1C(=O)C=C2C(C)(C)[C@H]3C[C@]21CCC31OCCO1. The Morgan fingerprint density at radius 3 is 2.58 bits per heavy atom. The molecule has 2 spiro atoms. The summed E-state index contributed by atoms with van der Waals surface area (Å²) in [4.78, 5) is 12.1. The summed E-state index contributed by atoms with van der Waals surface area (Å²) in [7, 11) is 0. The van der Waals surface area contributed by atoms with Crippen LogP contribution in [-0.2, 0) is 14.3 Å². The summed E-state index contributed by atoms with van der Waals surface area (Å²) < 4.78 is 12.1. The molecular formula is C16H22O3. The molecule has 0 aromatic heterocycles. The third-order valence-electron chi connectivity index (χ3n) is 6.44. The van der Waals surface area contributed by atoms with Crippen LogP contribution in [0.2, 0.25) is 0 Å². The molecule has 2 bridgehead atoms. The molecule has 104 valence electrons. The number of rotatable bonds is 0. The molecule has 1 aliphatic heterocycles. The normalized spacial score (nSPS) is 45.6. The number of hydrogen-bond acceptors (Lipinski definition) is 3. The van der Waals surface area contributed by atoms with Crippen molar-refractivity contribution in [1.29, 1.82) is 0 Å². The lowest BCUT2D eigenvalue weighted by atomic mass is 9.66. The van der Waals surface area contributed by atoms with Gasteiger partial charge in [-0.15, -0.1) is 0 Å². The van der Waals surface area contributed by atoms with Gasteiger partial charge in [0.05, 0.1) is 13.2 Å². The van der Waals surface area contributed by atoms with E-state index in [0.717, 1.165) is 19.3 Å². The standard InChI is InChI=1S/C16H22O3/c1-10-11(17)8-12-14(2,3)13-9-15(10,12)4-5-16(13)18-6-7-19-16/h8,10,13H,4-7,9H2,1-3H3/t10?,13-,15+/m1/s1. The van der Waals surface area contributed by atoms with Gasteiger partial charge in [-0.1, -0.05) is 26.3 Å². The largest absolute Gasteiger partial charge is 0.347 e. The van der Waals surface area contributed by atoms with Crippen molar-refractivity contribution in [2.24, 2.45) is 22.7 Å². The van der Waals surface area contributed by atoms with Crippen LogP contribution < -0.4 is 0 Å². The molecule has 1 unspecified atom stereocenters. The fraction of sp³-hybridized carbons (Fsp3) is 0.812. The van der Waals surface area contributed by atoms with Gasteiger partial charge in [0.1, 0.15) is 0 Å². The van der Waals surface area contributed by atoms with Crippen molar-refractivity contribution in [3.8, 4) is 0 Å². The van der Waals surface area contributed by atoms with Gasteiger partial charge in [0.25, 0.3) is 0 Å².